The van der Waals surface area contributed by atoms with Crippen LogP contribution in [0.25, 0.3) is 0 Å². The van der Waals surface area contributed by atoms with Gasteiger partial charge in [0, 0.05) is 10.4 Å². The monoisotopic (exact) mass is 340 g/mol. The first kappa shape index (κ1) is 15.9. The first-order valence-electron chi connectivity index (χ1n) is 6.00. The van der Waals surface area contributed by atoms with Crippen LogP contribution in [0.3, 0.4) is 0 Å². The minimum atomic E-state index is -3.59. The largest absolute Gasteiger partial charge is 0.320 e. The van der Waals surface area contributed by atoms with Gasteiger partial charge in [0.1, 0.15) is 4.21 Å². The summed E-state index contributed by atoms with van der Waals surface area (Å²) in [6, 6.07) is 8.11. The summed E-state index contributed by atoms with van der Waals surface area (Å²) in [5.41, 5.74) is 6.26. The lowest BCUT2D eigenvalue weighted by molar-refractivity contribution is 0.603. The summed E-state index contributed by atoms with van der Waals surface area (Å²) >= 11 is 7.22. The highest BCUT2D eigenvalue weighted by Crippen LogP contribution is 2.25. The SMILES string of the molecule is Cc1ccc(S(=O)(=O)Nc2ccc(Cl)c(C#CCN)c2)s1. The molecule has 0 amide bonds. The van der Waals surface area contributed by atoms with Crippen LogP contribution in [-0.2, 0) is 10.0 Å². The van der Waals surface area contributed by atoms with Crippen molar-refractivity contribution in [3.8, 4) is 11.8 Å². The molecule has 0 bridgehead atoms. The van der Waals surface area contributed by atoms with Crippen LogP contribution in [0.5, 0.6) is 0 Å². The molecule has 2 rings (SSSR count). The summed E-state index contributed by atoms with van der Waals surface area (Å²) in [6.45, 7) is 2.06. The first-order chi connectivity index (χ1) is 9.92. The van der Waals surface area contributed by atoms with Crippen molar-refractivity contribution in [3.05, 3.63) is 45.8 Å². The quantitative estimate of drug-likeness (QED) is 0.844. The number of rotatable bonds is 3. The average Bonchev–Trinajstić information content (AvgIpc) is 2.86. The Bertz CT molecular complexity index is 817. The fourth-order valence-electron chi connectivity index (χ4n) is 1.59. The van der Waals surface area contributed by atoms with Crippen molar-refractivity contribution in [2.45, 2.75) is 11.1 Å². The van der Waals surface area contributed by atoms with Crippen molar-refractivity contribution in [1.82, 2.24) is 0 Å². The molecule has 2 aromatic rings. The van der Waals surface area contributed by atoms with Gasteiger partial charge in [0.2, 0.25) is 0 Å². The van der Waals surface area contributed by atoms with Gasteiger partial charge >= 0.3 is 0 Å². The zero-order chi connectivity index (χ0) is 15.5. The molecule has 1 aromatic heterocycles. The van der Waals surface area contributed by atoms with E-state index in [2.05, 4.69) is 16.6 Å². The van der Waals surface area contributed by atoms with Crippen molar-refractivity contribution in [2.24, 2.45) is 5.73 Å². The van der Waals surface area contributed by atoms with Gasteiger partial charge in [-0.3, -0.25) is 4.72 Å². The van der Waals surface area contributed by atoms with Crippen molar-refractivity contribution in [1.29, 1.82) is 0 Å². The van der Waals surface area contributed by atoms with Crippen LogP contribution in [0.15, 0.2) is 34.5 Å². The van der Waals surface area contributed by atoms with E-state index in [1.54, 1.807) is 30.3 Å². The summed E-state index contributed by atoms with van der Waals surface area (Å²) in [5.74, 6) is 5.49. The van der Waals surface area contributed by atoms with Crippen LogP contribution in [0.1, 0.15) is 10.4 Å². The Morgan fingerprint density at radius 2 is 2.10 bits per heavy atom. The number of halogens is 1. The first-order valence-corrected chi connectivity index (χ1v) is 8.68. The van der Waals surface area contributed by atoms with Gasteiger partial charge in [0.15, 0.2) is 0 Å². The number of benzene rings is 1. The number of aryl methyl sites for hydroxylation is 1. The molecule has 0 unspecified atom stereocenters. The van der Waals surface area contributed by atoms with Gasteiger partial charge in [-0.2, -0.15) is 0 Å². The molecule has 7 heteroatoms. The molecular formula is C14H13ClN2O2S2. The number of sulfonamides is 1. The lowest BCUT2D eigenvalue weighted by atomic mass is 10.2. The second kappa shape index (κ2) is 6.50. The Morgan fingerprint density at radius 1 is 1.33 bits per heavy atom. The predicted octanol–water partition coefficient (Wildman–Crippen LogP) is 2.82. The molecule has 0 aliphatic rings. The summed E-state index contributed by atoms with van der Waals surface area (Å²) in [4.78, 5) is 0.931. The van der Waals surface area contributed by atoms with Crippen LogP contribution in [0.2, 0.25) is 5.02 Å². The highest BCUT2D eigenvalue weighted by molar-refractivity contribution is 7.94. The van der Waals surface area contributed by atoms with Crippen molar-refractivity contribution in [2.75, 3.05) is 11.3 Å². The molecule has 0 spiro atoms. The number of hydrogen-bond acceptors (Lipinski definition) is 4. The Labute approximate surface area is 133 Å². The van der Waals surface area contributed by atoms with E-state index in [1.807, 2.05) is 6.92 Å². The number of anilines is 1. The third-order valence-corrected chi connectivity index (χ3v) is 5.73. The van der Waals surface area contributed by atoms with Crippen LogP contribution in [0, 0.1) is 18.8 Å². The maximum atomic E-state index is 12.2. The maximum Gasteiger partial charge on any atom is 0.271 e. The van der Waals surface area contributed by atoms with E-state index in [4.69, 9.17) is 17.3 Å². The van der Waals surface area contributed by atoms with Gasteiger partial charge in [0.25, 0.3) is 10.0 Å². The van der Waals surface area contributed by atoms with Gasteiger partial charge in [-0.15, -0.1) is 11.3 Å². The zero-order valence-corrected chi connectivity index (χ0v) is 13.6. The van der Waals surface area contributed by atoms with E-state index in [0.29, 0.717) is 16.3 Å². The normalized spacial score (nSPS) is 10.8. The molecule has 0 saturated heterocycles. The van der Waals surface area contributed by atoms with Crippen LogP contribution in [-0.4, -0.2) is 15.0 Å². The number of hydrogen-bond donors (Lipinski definition) is 2. The summed E-state index contributed by atoms with van der Waals surface area (Å²) in [7, 11) is -3.59. The highest BCUT2D eigenvalue weighted by Gasteiger charge is 2.16. The molecule has 1 aromatic carbocycles. The smallest absolute Gasteiger partial charge is 0.271 e. The van der Waals surface area contributed by atoms with Gasteiger partial charge in [0.05, 0.1) is 17.3 Å². The average molecular weight is 341 g/mol. The highest BCUT2D eigenvalue weighted by atomic mass is 35.5. The lowest BCUT2D eigenvalue weighted by Crippen LogP contribution is -2.11. The van der Waals surface area contributed by atoms with Gasteiger partial charge < -0.3 is 5.73 Å². The predicted molar refractivity (Wildman–Crippen MR) is 87.2 cm³/mol. The van der Waals surface area contributed by atoms with Crippen LogP contribution < -0.4 is 10.5 Å². The lowest BCUT2D eigenvalue weighted by Gasteiger charge is -2.07. The van der Waals surface area contributed by atoms with Crippen LogP contribution >= 0.6 is 22.9 Å². The van der Waals surface area contributed by atoms with Crippen molar-refractivity contribution in [3.63, 3.8) is 0 Å². The topological polar surface area (TPSA) is 72.2 Å². The molecule has 0 aliphatic carbocycles. The molecule has 1 heterocycles. The van der Waals surface area contributed by atoms with E-state index >= 15 is 0 Å². The summed E-state index contributed by atoms with van der Waals surface area (Å²) in [5, 5.41) is 0.450. The molecule has 4 nitrogen and oxygen atoms in total. The van der Waals surface area contributed by atoms with Gasteiger partial charge in [-0.05, 0) is 37.3 Å². The minimum absolute atomic E-state index is 0.209. The van der Waals surface area contributed by atoms with E-state index in [-0.39, 0.29) is 10.8 Å². The van der Waals surface area contributed by atoms with E-state index in [9.17, 15) is 8.42 Å². The summed E-state index contributed by atoms with van der Waals surface area (Å²) < 4.78 is 27.3. The fourth-order valence-corrected chi connectivity index (χ4v) is 4.09. The molecule has 0 atom stereocenters. The third kappa shape index (κ3) is 3.99. The number of thiophene rings is 1. The Hall–Kier alpha value is -1.52. The molecule has 0 aliphatic heterocycles. The second-order valence-electron chi connectivity index (χ2n) is 4.17. The molecule has 3 N–H and O–H groups in total. The molecule has 0 fully saturated rings. The Balaban J connectivity index is 2.31. The number of nitrogens with one attached hydrogen (secondary N) is 1. The van der Waals surface area contributed by atoms with E-state index in [0.717, 1.165) is 4.88 Å². The standard InChI is InChI=1S/C14H13ClN2O2S2/c1-10-4-7-14(20-10)21(18,19)17-12-5-6-13(15)11(9-12)3-2-8-16/h4-7,9,17H,8,16H2,1H3. The molecule has 110 valence electrons. The second-order valence-corrected chi connectivity index (χ2v) is 7.78. The Morgan fingerprint density at radius 3 is 2.71 bits per heavy atom. The van der Waals surface area contributed by atoms with Gasteiger partial charge in [-0.1, -0.05) is 23.4 Å². The fraction of sp³-hybridized carbons (Fsp3) is 0.143. The number of nitrogens with two attached hydrogens (primary N) is 1. The van der Waals surface area contributed by atoms with Crippen molar-refractivity contribution < 1.29 is 8.42 Å². The summed E-state index contributed by atoms with van der Waals surface area (Å²) in [6.07, 6.45) is 0. The molecule has 0 radical (unpaired) electrons. The van der Waals surface area contributed by atoms with E-state index in [1.165, 1.54) is 11.3 Å². The minimum Gasteiger partial charge on any atom is -0.320 e. The van der Waals surface area contributed by atoms with E-state index < -0.39 is 10.0 Å². The third-order valence-electron chi connectivity index (χ3n) is 2.52. The Kier molecular flexibility index (Phi) is 4.91. The maximum absolute atomic E-state index is 12.2. The molecule has 0 saturated carbocycles. The van der Waals surface area contributed by atoms with Gasteiger partial charge in [-0.25, -0.2) is 8.42 Å². The van der Waals surface area contributed by atoms with Crippen molar-refractivity contribution >= 4 is 38.6 Å². The zero-order valence-electron chi connectivity index (χ0n) is 11.2. The molecule has 21 heavy (non-hydrogen) atoms. The molecular weight excluding hydrogens is 328 g/mol. The van der Waals surface area contributed by atoms with Crippen LogP contribution in [0.4, 0.5) is 5.69 Å².